The zero-order valence-corrected chi connectivity index (χ0v) is 13.6. The first-order chi connectivity index (χ1) is 11.2. The van der Waals surface area contributed by atoms with Crippen LogP contribution in [-0.4, -0.2) is 31.0 Å². The van der Waals surface area contributed by atoms with Crippen LogP contribution in [0.1, 0.15) is 44.9 Å². The lowest BCUT2D eigenvalue weighted by Gasteiger charge is -2.21. The number of hydrogen-bond acceptors (Lipinski definition) is 4. The van der Waals surface area contributed by atoms with Gasteiger partial charge in [-0.2, -0.15) is 0 Å². The summed E-state index contributed by atoms with van der Waals surface area (Å²) in [6.45, 7) is 0. The van der Waals surface area contributed by atoms with Crippen LogP contribution in [0.5, 0.6) is 5.75 Å². The molecular weight excluding hydrogens is 292 g/mol. The van der Waals surface area contributed by atoms with Crippen LogP contribution in [0.15, 0.2) is 24.3 Å². The van der Waals surface area contributed by atoms with Crippen LogP contribution in [0.2, 0.25) is 0 Å². The highest BCUT2D eigenvalue weighted by Crippen LogP contribution is 2.26. The van der Waals surface area contributed by atoms with Crippen LogP contribution < -0.4 is 15.0 Å². The minimum atomic E-state index is -0.382. The molecule has 3 rings (SSSR count). The Morgan fingerprint density at radius 3 is 2.30 bits per heavy atom. The molecule has 1 atom stereocenters. The maximum atomic E-state index is 12.6. The average Bonchev–Trinajstić information content (AvgIpc) is 2.74. The second-order valence-corrected chi connectivity index (χ2v) is 6.38. The molecule has 2 amide bonds. The lowest BCUT2D eigenvalue weighted by Crippen LogP contribution is -2.43. The number of benzene rings is 1. The molecule has 1 heterocycles. The molecular formula is C18H24N2O3. The van der Waals surface area contributed by atoms with E-state index >= 15 is 0 Å². The minimum Gasteiger partial charge on any atom is -0.497 e. The summed E-state index contributed by atoms with van der Waals surface area (Å²) >= 11 is 0. The van der Waals surface area contributed by atoms with E-state index in [1.165, 1.54) is 30.6 Å². The molecule has 124 valence electrons. The summed E-state index contributed by atoms with van der Waals surface area (Å²) in [6, 6.07) is 7.01. The topological polar surface area (TPSA) is 58.6 Å². The van der Waals surface area contributed by atoms with Crippen molar-refractivity contribution in [2.24, 2.45) is 0 Å². The van der Waals surface area contributed by atoms with E-state index in [2.05, 4.69) is 5.32 Å². The zero-order chi connectivity index (χ0) is 16.2. The van der Waals surface area contributed by atoms with Gasteiger partial charge in [-0.25, -0.2) is 4.90 Å². The molecule has 23 heavy (non-hydrogen) atoms. The molecule has 1 saturated heterocycles. The molecule has 1 aromatic rings. The second-order valence-electron chi connectivity index (χ2n) is 6.38. The first-order valence-electron chi connectivity index (χ1n) is 8.46. The third-order valence-corrected chi connectivity index (χ3v) is 4.77. The Morgan fingerprint density at radius 2 is 1.70 bits per heavy atom. The average molecular weight is 316 g/mol. The maximum Gasteiger partial charge on any atom is 0.251 e. The lowest BCUT2D eigenvalue weighted by atomic mass is 10.1. The van der Waals surface area contributed by atoms with Crippen molar-refractivity contribution in [3.8, 4) is 5.75 Å². The SMILES string of the molecule is COc1ccc(N2C(=O)CC(NC3CCCCCC3)C2=O)cc1. The summed E-state index contributed by atoms with van der Waals surface area (Å²) < 4.78 is 5.12. The predicted octanol–water partition coefficient (Wildman–Crippen LogP) is 2.64. The van der Waals surface area contributed by atoms with Gasteiger partial charge in [0.1, 0.15) is 5.75 Å². The third-order valence-electron chi connectivity index (χ3n) is 4.77. The largest absolute Gasteiger partial charge is 0.497 e. The molecule has 1 aliphatic heterocycles. The second kappa shape index (κ2) is 7.13. The van der Waals surface area contributed by atoms with Crippen molar-refractivity contribution < 1.29 is 14.3 Å². The number of carbonyl (C=O) groups excluding carboxylic acids is 2. The van der Waals surface area contributed by atoms with Gasteiger partial charge in [-0.3, -0.25) is 9.59 Å². The molecule has 0 radical (unpaired) electrons. The van der Waals surface area contributed by atoms with E-state index in [1.807, 2.05) is 0 Å². The Bertz CT molecular complexity index is 562. The van der Waals surface area contributed by atoms with Gasteiger partial charge in [-0.1, -0.05) is 25.7 Å². The van der Waals surface area contributed by atoms with Crippen LogP contribution in [-0.2, 0) is 9.59 Å². The van der Waals surface area contributed by atoms with Crippen molar-refractivity contribution in [2.45, 2.75) is 57.0 Å². The standard InChI is InChI=1S/C18H24N2O3/c1-23-15-10-8-14(9-11-15)20-17(21)12-16(18(20)22)19-13-6-4-2-3-5-7-13/h8-11,13,16,19H,2-7,12H2,1H3. The van der Waals surface area contributed by atoms with E-state index in [-0.39, 0.29) is 24.3 Å². The Balaban J connectivity index is 1.68. The van der Waals surface area contributed by atoms with Crippen LogP contribution in [0.25, 0.3) is 0 Å². The number of hydrogen-bond donors (Lipinski definition) is 1. The van der Waals surface area contributed by atoms with Crippen LogP contribution >= 0.6 is 0 Å². The summed E-state index contributed by atoms with van der Waals surface area (Å²) in [5.74, 6) is 0.441. The van der Waals surface area contributed by atoms with E-state index in [0.717, 1.165) is 12.8 Å². The van der Waals surface area contributed by atoms with Crippen molar-refractivity contribution in [3.05, 3.63) is 24.3 Å². The number of ether oxygens (including phenoxy) is 1. The number of nitrogens with zero attached hydrogens (tertiary/aromatic N) is 1. The Labute approximate surface area is 137 Å². The number of anilines is 1. The fourth-order valence-electron chi connectivity index (χ4n) is 3.50. The molecule has 0 spiro atoms. The Morgan fingerprint density at radius 1 is 1.04 bits per heavy atom. The highest BCUT2D eigenvalue weighted by molar-refractivity contribution is 6.22. The van der Waals surface area contributed by atoms with Gasteiger partial charge in [0.2, 0.25) is 5.91 Å². The molecule has 0 bridgehead atoms. The van der Waals surface area contributed by atoms with Gasteiger partial charge in [0.15, 0.2) is 0 Å². The monoisotopic (exact) mass is 316 g/mol. The van der Waals surface area contributed by atoms with Gasteiger partial charge >= 0.3 is 0 Å². The molecule has 1 saturated carbocycles. The third kappa shape index (κ3) is 3.55. The highest BCUT2D eigenvalue weighted by atomic mass is 16.5. The van der Waals surface area contributed by atoms with Gasteiger partial charge in [-0.15, -0.1) is 0 Å². The van der Waals surface area contributed by atoms with Crippen LogP contribution in [0.4, 0.5) is 5.69 Å². The zero-order valence-electron chi connectivity index (χ0n) is 13.6. The fourth-order valence-corrected chi connectivity index (χ4v) is 3.50. The maximum absolute atomic E-state index is 12.6. The summed E-state index contributed by atoms with van der Waals surface area (Å²) in [6.07, 6.45) is 7.40. The number of carbonyl (C=O) groups is 2. The number of nitrogens with one attached hydrogen (secondary N) is 1. The first-order valence-corrected chi connectivity index (χ1v) is 8.46. The molecule has 5 heteroatoms. The van der Waals surface area contributed by atoms with E-state index in [1.54, 1.807) is 31.4 Å². The summed E-state index contributed by atoms with van der Waals surface area (Å²) in [5.41, 5.74) is 0.617. The van der Waals surface area contributed by atoms with Crippen molar-refractivity contribution in [3.63, 3.8) is 0 Å². The van der Waals surface area contributed by atoms with Crippen molar-refractivity contribution in [2.75, 3.05) is 12.0 Å². The molecule has 1 aromatic carbocycles. The normalized spacial score (nSPS) is 23.2. The number of amides is 2. The van der Waals surface area contributed by atoms with E-state index in [4.69, 9.17) is 4.74 Å². The summed E-state index contributed by atoms with van der Waals surface area (Å²) in [4.78, 5) is 26.2. The summed E-state index contributed by atoms with van der Waals surface area (Å²) in [5, 5.41) is 3.42. The van der Waals surface area contributed by atoms with Crippen LogP contribution in [0, 0.1) is 0 Å². The summed E-state index contributed by atoms with van der Waals surface area (Å²) in [7, 11) is 1.59. The number of rotatable bonds is 4. The van der Waals surface area contributed by atoms with Gasteiger partial charge < -0.3 is 10.1 Å². The molecule has 5 nitrogen and oxygen atoms in total. The number of imide groups is 1. The van der Waals surface area contributed by atoms with E-state index < -0.39 is 0 Å². The fraction of sp³-hybridized carbons (Fsp3) is 0.556. The van der Waals surface area contributed by atoms with Gasteiger partial charge in [0, 0.05) is 6.04 Å². The van der Waals surface area contributed by atoms with Crippen LogP contribution in [0.3, 0.4) is 0 Å². The first kappa shape index (κ1) is 16.0. The number of methoxy groups -OCH3 is 1. The molecule has 1 unspecified atom stereocenters. The predicted molar refractivity (Wildman–Crippen MR) is 88.5 cm³/mol. The molecule has 1 N–H and O–H groups in total. The Hall–Kier alpha value is -1.88. The Kier molecular flexibility index (Phi) is 4.96. The lowest BCUT2D eigenvalue weighted by molar-refractivity contribution is -0.121. The van der Waals surface area contributed by atoms with Crippen molar-refractivity contribution in [1.29, 1.82) is 0 Å². The van der Waals surface area contributed by atoms with E-state index in [9.17, 15) is 9.59 Å². The minimum absolute atomic E-state index is 0.133. The molecule has 2 fully saturated rings. The quantitative estimate of drug-likeness (QED) is 0.685. The highest BCUT2D eigenvalue weighted by Gasteiger charge is 2.40. The van der Waals surface area contributed by atoms with E-state index in [0.29, 0.717) is 17.5 Å². The van der Waals surface area contributed by atoms with Gasteiger partial charge in [0.25, 0.3) is 5.91 Å². The van der Waals surface area contributed by atoms with Crippen molar-refractivity contribution >= 4 is 17.5 Å². The molecule has 0 aromatic heterocycles. The van der Waals surface area contributed by atoms with Gasteiger partial charge in [-0.05, 0) is 37.1 Å². The molecule has 1 aliphatic carbocycles. The van der Waals surface area contributed by atoms with Gasteiger partial charge in [0.05, 0.1) is 25.3 Å². The smallest absolute Gasteiger partial charge is 0.251 e. The van der Waals surface area contributed by atoms with Crippen molar-refractivity contribution in [1.82, 2.24) is 5.32 Å². The molecule has 2 aliphatic rings.